The lowest BCUT2D eigenvalue weighted by Gasteiger charge is -2.30. The van der Waals surface area contributed by atoms with E-state index in [-0.39, 0.29) is 11.6 Å². The molecule has 1 saturated carbocycles. The SMILES string of the molecule is CC(C)N(CC1CCCN1)c1nccn(C2CC2)c1=O. The Morgan fingerprint density at radius 1 is 1.45 bits per heavy atom. The molecule has 110 valence electrons. The third-order valence-electron chi connectivity index (χ3n) is 4.27. The largest absolute Gasteiger partial charge is 0.348 e. The molecule has 1 unspecified atom stereocenters. The monoisotopic (exact) mass is 276 g/mol. The van der Waals surface area contributed by atoms with Gasteiger partial charge in [-0.25, -0.2) is 4.98 Å². The van der Waals surface area contributed by atoms with E-state index in [1.807, 2.05) is 10.8 Å². The Hall–Kier alpha value is -1.36. The summed E-state index contributed by atoms with van der Waals surface area (Å²) in [5.74, 6) is 0.614. The molecule has 1 aromatic heterocycles. The maximum atomic E-state index is 12.6. The molecule has 1 aliphatic heterocycles. The van der Waals surface area contributed by atoms with Crippen LogP contribution in [0, 0.1) is 0 Å². The van der Waals surface area contributed by atoms with Crippen LogP contribution in [-0.2, 0) is 0 Å². The molecular weight excluding hydrogens is 252 g/mol. The summed E-state index contributed by atoms with van der Waals surface area (Å²) in [6, 6.07) is 1.17. The van der Waals surface area contributed by atoms with Gasteiger partial charge in [0.05, 0.1) is 0 Å². The summed E-state index contributed by atoms with van der Waals surface area (Å²) >= 11 is 0. The van der Waals surface area contributed by atoms with Crippen molar-refractivity contribution in [3.05, 3.63) is 22.7 Å². The van der Waals surface area contributed by atoms with E-state index in [9.17, 15) is 4.79 Å². The lowest BCUT2D eigenvalue weighted by molar-refractivity contribution is 0.543. The van der Waals surface area contributed by atoms with E-state index in [1.54, 1.807) is 6.20 Å². The van der Waals surface area contributed by atoms with Gasteiger partial charge >= 0.3 is 0 Å². The van der Waals surface area contributed by atoms with Crippen LogP contribution in [0.5, 0.6) is 0 Å². The van der Waals surface area contributed by atoms with E-state index >= 15 is 0 Å². The predicted molar refractivity (Wildman–Crippen MR) is 80.3 cm³/mol. The van der Waals surface area contributed by atoms with Crippen molar-refractivity contribution in [2.75, 3.05) is 18.0 Å². The summed E-state index contributed by atoms with van der Waals surface area (Å²) in [7, 11) is 0. The molecule has 20 heavy (non-hydrogen) atoms. The summed E-state index contributed by atoms with van der Waals surface area (Å²) < 4.78 is 1.86. The quantitative estimate of drug-likeness (QED) is 0.886. The maximum Gasteiger partial charge on any atom is 0.293 e. The molecule has 0 bridgehead atoms. The molecule has 0 aromatic carbocycles. The van der Waals surface area contributed by atoms with E-state index < -0.39 is 0 Å². The summed E-state index contributed by atoms with van der Waals surface area (Å²) in [5.41, 5.74) is 0.0710. The Kier molecular flexibility index (Phi) is 3.78. The molecule has 0 spiro atoms. The first-order chi connectivity index (χ1) is 9.66. The van der Waals surface area contributed by atoms with Crippen molar-refractivity contribution in [2.45, 2.75) is 57.7 Å². The van der Waals surface area contributed by atoms with Crippen LogP contribution >= 0.6 is 0 Å². The highest BCUT2D eigenvalue weighted by Crippen LogP contribution is 2.33. The number of hydrogen-bond acceptors (Lipinski definition) is 4. The van der Waals surface area contributed by atoms with E-state index in [0.29, 0.717) is 17.9 Å². The molecular formula is C15H24N4O. The molecule has 1 aliphatic carbocycles. The second-order valence-electron chi connectivity index (χ2n) is 6.23. The normalized spacial score (nSPS) is 22.4. The first kappa shape index (κ1) is 13.6. The van der Waals surface area contributed by atoms with Crippen LogP contribution in [0.4, 0.5) is 5.82 Å². The maximum absolute atomic E-state index is 12.6. The third kappa shape index (κ3) is 2.73. The summed E-state index contributed by atoms with van der Waals surface area (Å²) in [5, 5.41) is 3.50. The Morgan fingerprint density at radius 3 is 2.85 bits per heavy atom. The van der Waals surface area contributed by atoms with Gasteiger partial charge in [-0.2, -0.15) is 0 Å². The summed E-state index contributed by atoms with van der Waals surface area (Å²) in [6.07, 6.45) is 8.25. The first-order valence-corrected chi connectivity index (χ1v) is 7.74. The van der Waals surface area contributed by atoms with E-state index in [4.69, 9.17) is 0 Å². The van der Waals surface area contributed by atoms with E-state index in [2.05, 4.69) is 29.0 Å². The average molecular weight is 276 g/mol. The molecule has 5 heteroatoms. The van der Waals surface area contributed by atoms with Crippen LogP contribution < -0.4 is 15.8 Å². The van der Waals surface area contributed by atoms with Crippen LogP contribution in [0.25, 0.3) is 0 Å². The van der Waals surface area contributed by atoms with Gasteiger partial charge in [-0.3, -0.25) is 4.79 Å². The van der Waals surface area contributed by atoms with E-state index in [0.717, 1.165) is 25.9 Å². The van der Waals surface area contributed by atoms with Gasteiger partial charge in [0.15, 0.2) is 5.82 Å². The second kappa shape index (κ2) is 5.56. The predicted octanol–water partition coefficient (Wildman–Crippen LogP) is 1.54. The summed E-state index contributed by atoms with van der Waals surface area (Å²) in [4.78, 5) is 19.1. The Labute approximate surface area is 120 Å². The minimum Gasteiger partial charge on any atom is -0.348 e. The molecule has 1 N–H and O–H groups in total. The van der Waals surface area contributed by atoms with Crippen LogP contribution in [0.15, 0.2) is 17.2 Å². The number of nitrogens with zero attached hydrogens (tertiary/aromatic N) is 3. The highest BCUT2D eigenvalue weighted by atomic mass is 16.1. The van der Waals surface area contributed by atoms with Crippen molar-refractivity contribution < 1.29 is 0 Å². The lowest BCUT2D eigenvalue weighted by atomic mass is 10.2. The molecule has 0 radical (unpaired) electrons. The smallest absolute Gasteiger partial charge is 0.293 e. The molecule has 2 aliphatic rings. The minimum absolute atomic E-state index is 0.0710. The third-order valence-corrected chi connectivity index (χ3v) is 4.27. The molecule has 5 nitrogen and oxygen atoms in total. The number of aromatic nitrogens is 2. The van der Waals surface area contributed by atoms with Gasteiger partial charge in [-0.05, 0) is 46.1 Å². The van der Waals surface area contributed by atoms with Gasteiger partial charge in [0, 0.05) is 37.1 Å². The summed E-state index contributed by atoms with van der Waals surface area (Å²) in [6.45, 7) is 6.22. The van der Waals surface area contributed by atoms with Gasteiger partial charge in [-0.15, -0.1) is 0 Å². The van der Waals surface area contributed by atoms with Gasteiger partial charge < -0.3 is 14.8 Å². The van der Waals surface area contributed by atoms with Crippen LogP contribution in [-0.4, -0.2) is 34.7 Å². The molecule has 0 amide bonds. The first-order valence-electron chi connectivity index (χ1n) is 7.74. The number of hydrogen-bond donors (Lipinski definition) is 1. The van der Waals surface area contributed by atoms with Gasteiger partial charge in [0.25, 0.3) is 5.56 Å². The van der Waals surface area contributed by atoms with Crippen molar-refractivity contribution in [1.29, 1.82) is 0 Å². The standard InChI is InChI=1S/C15H24N4O/c1-11(2)19(10-12-4-3-7-16-12)14-15(20)18(9-8-17-14)13-5-6-13/h8-9,11-13,16H,3-7,10H2,1-2H3. The number of nitrogens with one attached hydrogen (secondary N) is 1. The highest BCUT2D eigenvalue weighted by Gasteiger charge is 2.28. The Balaban J connectivity index is 1.86. The Bertz CT molecular complexity index is 515. The fourth-order valence-corrected chi connectivity index (χ4v) is 2.94. The minimum atomic E-state index is 0.0710. The lowest BCUT2D eigenvalue weighted by Crippen LogP contribution is -2.44. The van der Waals surface area contributed by atoms with Crippen LogP contribution in [0.1, 0.15) is 45.6 Å². The van der Waals surface area contributed by atoms with E-state index in [1.165, 1.54) is 12.8 Å². The zero-order valence-corrected chi connectivity index (χ0v) is 12.4. The van der Waals surface area contributed by atoms with Crippen molar-refractivity contribution >= 4 is 5.82 Å². The second-order valence-corrected chi connectivity index (χ2v) is 6.23. The molecule has 3 rings (SSSR count). The van der Waals surface area contributed by atoms with Gasteiger partial charge in [0.1, 0.15) is 0 Å². The van der Waals surface area contributed by atoms with Crippen molar-refractivity contribution in [3.63, 3.8) is 0 Å². The van der Waals surface area contributed by atoms with Crippen LogP contribution in [0.3, 0.4) is 0 Å². The van der Waals surface area contributed by atoms with Crippen molar-refractivity contribution in [1.82, 2.24) is 14.9 Å². The fourth-order valence-electron chi connectivity index (χ4n) is 2.94. The van der Waals surface area contributed by atoms with Crippen molar-refractivity contribution in [3.8, 4) is 0 Å². The highest BCUT2D eigenvalue weighted by molar-refractivity contribution is 5.37. The zero-order chi connectivity index (χ0) is 14.1. The average Bonchev–Trinajstić information content (AvgIpc) is 3.13. The molecule has 1 atom stereocenters. The number of anilines is 1. The molecule has 2 fully saturated rings. The topological polar surface area (TPSA) is 50.2 Å². The van der Waals surface area contributed by atoms with Gasteiger partial charge in [0.2, 0.25) is 0 Å². The van der Waals surface area contributed by atoms with Gasteiger partial charge in [-0.1, -0.05) is 0 Å². The number of rotatable bonds is 5. The zero-order valence-electron chi connectivity index (χ0n) is 12.4. The molecule has 2 heterocycles. The Morgan fingerprint density at radius 2 is 2.25 bits per heavy atom. The fraction of sp³-hybridized carbons (Fsp3) is 0.733. The molecule has 1 aromatic rings. The van der Waals surface area contributed by atoms with Crippen LogP contribution in [0.2, 0.25) is 0 Å². The van der Waals surface area contributed by atoms with Crippen molar-refractivity contribution in [2.24, 2.45) is 0 Å². The molecule has 1 saturated heterocycles.